The van der Waals surface area contributed by atoms with Crippen LogP contribution in [0.3, 0.4) is 0 Å². The molecule has 0 bridgehead atoms. The highest BCUT2D eigenvalue weighted by atomic mass is 16.5. The summed E-state index contributed by atoms with van der Waals surface area (Å²) in [6.07, 6.45) is 3.08. The lowest BCUT2D eigenvalue weighted by molar-refractivity contribution is -0.142. The number of amides is 2. The number of rotatable bonds is 5. The molecule has 2 fully saturated rings. The van der Waals surface area contributed by atoms with E-state index in [9.17, 15) is 9.59 Å². The van der Waals surface area contributed by atoms with Gasteiger partial charge in [0.15, 0.2) is 6.61 Å². The standard InChI is InChI=1S/C19H26N2O4/c1-14-5-2-3-6-16(14)25-13-18(22)20-15-8-10-21(11-9-15)19(23)17-7-4-12-24-17/h2-3,5-6,15,17H,4,7-13H2,1H3,(H,20,22). The molecule has 2 saturated heterocycles. The fourth-order valence-electron chi connectivity index (χ4n) is 3.35. The van der Waals surface area contributed by atoms with Crippen molar-refractivity contribution in [3.8, 4) is 5.75 Å². The predicted molar refractivity (Wildman–Crippen MR) is 93.4 cm³/mol. The van der Waals surface area contributed by atoms with Crippen molar-refractivity contribution in [2.45, 2.75) is 44.8 Å². The zero-order valence-corrected chi connectivity index (χ0v) is 14.7. The van der Waals surface area contributed by atoms with E-state index in [1.165, 1.54) is 0 Å². The Bertz CT molecular complexity index is 605. The topological polar surface area (TPSA) is 67.9 Å². The molecule has 1 unspecified atom stereocenters. The number of carbonyl (C=O) groups is 2. The van der Waals surface area contributed by atoms with Crippen LogP contribution in [0, 0.1) is 6.92 Å². The van der Waals surface area contributed by atoms with Crippen LogP contribution in [-0.4, -0.2) is 55.2 Å². The number of ether oxygens (including phenoxy) is 2. The maximum atomic E-state index is 12.3. The number of aryl methyl sites for hydroxylation is 1. The van der Waals surface area contributed by atoms with Crippen LogP contribution >= 0.6 is 0 Å². The normalized spacial score (nSPS) is 21.2. The molecule has 2 amide bonds. The molecule has 2 aliphatic rings. The van der Waals surface area contributed by atoms with Gasteiger partial charge in [0.25, 0.3) is 11.8 Å². The summed E-state index contributed by atoms with van der Waals surface area (Å²) in [6, 6.07) is 7.74. The van der Waals surface area contributed by atoms with Gasteiger partial charge in [0.2, 0.25) is 0 Å². The Morgan fingerprint density at radius 2 is 2.00 bits per heavy atom. The van der Waals surface area contributed by atoms with Gasteiger partial charge in [-0.05, 0) is 44.2 Å². The molecular formula is C19H26N2O4. The number of piperidine rings is 1. The van der Waals surface area contributed by atoms with Crippen LogP contribution in [0.5, 0.6) is 5.75 Å². The van der Waals surface area contributed by atoms with Gasteiger partial charge >= 0.3 is 0 Å². The Labute approximate surface area is 148 Å². The summed E-state index contributed by atoms with van der Waals surface area (Å²) in [6.45, 7) is 3.99. The Hall–Kier alpha value is -2.08. The monoisotopic (exact) mass is 346 g/mol. The van der Waals surface area contributed by atoms with E-state index in [-0.39, 0.29) is 30.6 Å². The van der Waals surface area contributed by atoms with Gasteiger partial charge in [-0.25, -0.2) is 0 Å². The summed E-state index contributed by atoms with van der Waals surface area (Å²) in [5.41, 5.74) is 1.01. The number of nitrogens with zero attached hydrogens (tertiary/aromatic N) is 1. The van der Waals surface area contributed by atoms with Gasteiger partial charge in [-0.3, -0.25) is 9.59 Å². The number of para-hydroxylation sites is 1. The van der Waals surface area contributed by atoms with Gasteiger partial charge in [0.05, 0.1) is 0 Å². The van der Waals surface area contributed by atoms with Crippen molar-refractivity contribution in [3.05, 3.63) is 29.8 Å². The van der Waals surface area contributed by atoms with Gasteiger partial charge in [-0.1, -0.05) is 18.2 Å². The second-order valence-electron chi connectivity index (χ2n) is 6.72. The zero-order valence-electron chi connectivity index (χ0n) is 14.7. The highest BCUT2D eigenvalue weighted by Gasteiger charge is 2.31. The highest BCUT2D eigenvalue weighted by molar-refractivity contribution is 5.81. The molecule has 6 heteroatoms. The first-order valence-corrected chi connectivity index (χ1v) is 9.01. The van der Waals surface area contributed by atoms with Gasteiger partial charge in [-0.15, -0.1) is 0 Å². The maximum Gasteiger partial charge on any atom is 0.258 e. The fraction of sp³-hybridized carbons (Fsp3) is 0.579. The zero-order chi connectivity index (χ0) is 17.6. The molecule has 0 spiro atoms. The first kappa shape index (κ1) is 17.7. The molecule has 0 saturated carbocycles. The lowest BCUT2D eigenvalue weighted by Crippen LogP contribution is -2.49. The molecule has 1 aromatic rings. The Morgan fingerprint density at radius 3 is 2.68 bits per heavy atom. The summed E-state index contributed by atoms with van der Waals surface area (Å²) in [5.74, 6) is 0.715. The second kappa shape index (κ2) is 8.34. The number of nitrogens with one attached hydrogen (secondary N) is 1. The Morgan fingerprint density at radius 1 is 1.24 bits per heavy atom. The fourth-order valence-corrected chi connectivity index (χ4v) is 3.35. The summed E-state index contributed by atoms with van der Waals surface area (Å²) in [7, 11) is 0. The van der Waals surface area contributed by atoms with Crippen molar-refractivity contribution in [2.75, 3.05) is 26.3 Å². The van der Waals surface area contributed by atoms with Crippen LogP contribution in [0.15, 0.2) is 24.3 Å². The minimum atomic E-state index is -0.256. The van der Waals surface area contributed by atoms with Crippen LogP contribution in [0.25, 0.3) is 0 Å². The average Bonchev–Trinajstić information content (AvgIpc) is 3.16. The molecule has 2 heterocycles. The molecule has 3 rings (SSSR count). The first-order chi connectivity index (χ1) is 12.1. The van der Waals surface area contributed by atoms with Crippen LogP contribution in [-0.2, 0) is 14.3 Å². The third kappa shape index (κ3) is 4.72. The number of benzene rings is 1. The van der Waals surface area contributed by atoms with E-state index in [1.807, 2.05) is 36.1 Å². The molecule has 0 aromatic heterocycles. The van der Waals surface area contributed by atoms with Crippen molar-refractivity contribution in [2.24, 2.45) is 0 Å². The highest BCUT2D eigenvalue weighted by Crippen LogP contribution is 2.19. The number of carbonyl (C=O) groups excluding carboxylic acids is 2. The molecule has 0 radical (unpaired) electrons. The predicted octanol–water partition coefficient (Wildman–Crippen LogP) is 1.66. The smallest absolute Gasteiger partial charge is 0.258 e. The number of likely N-dealkylation sites (tertiary alicyclic amines) is 1. The lowest BCUT2D eigenvalue weighted by Gasteiger charge is -2.33. The first-order valence-electron chi connectivity index (χ1n) is 9.01. The van der Waals surface area contributed by atoms with Gasteiger partial charge in [-0.2, -0.15) is 0 Å². The SMILES string of the molecule is Cc1ccccc1OCC(=O)NC1CCN(C(=O)C2CCCO2)CC1. The van der Waals surface area contributed by atoms with E-state index in [1.54, 1.807) is 0 Å². The molecule has 1 N–H and O–H groups in total. The maximum absolute atomic E-state index is 12.3. The molecule has 136 valence electrons. The Kier molecular flexibility index (Phi) is 5.91. The van der Waals surface area contributed by atoms with Crippen molar-refractivity contribution >= 4 is 11.8 Å². The van der Waals surface area contributed by atoms with E-state index >= 15 is 0 Å². The van der Waals surface area contributed by atoms with Crippen molar-refractivity contribution in [1.29, 1.82) is 0 Å². The number of hydrogen-bond donors (Lipinski definition) is 1. The quantitative estimate of drug-likeness (QED) is 0.880. The average molecular weight is 346 g/mol. The van der Waals surface area contributed by atoms with Crippen molar-refractivity contribution in [1.82, 2.24) is 10.2 Å². The van der Waals surface area contributed by atoms with Crippen LogP contribution in [0.4, 0.5) is 0 Å². The van der Waals surface area contributed by atoms with E-state index in [0.717, 1.165) is 37.0 Å². The van der Waals surface area contributed by atoms with Gasteiger partial charge in [0, 0.05) is 25.7 Å². The minimum Gasteiger partial charge on any atom is -0.484 e. The molecular weight excluding hydrogens is 320 g/mol. The van der Waals surface area contributed by atoms with Gasteiger partial charge < -0.3 is 19.7 Å². The van der Waals surface area contributed by atoms with E-state index in [2.05, 4.69) is 5.32 Å². The largest absolute Gasteiger partial charge is 0.484 e. The van der Waals surface area contributed by atoms with Crippen LogP contribution in [0.2, 0.25) is 0 Å². The molecule has 0 aliphatic carbocycles. The van der Waals surface area contributed by atoms with E-state index in [0.29, 0.717) is 19.7 Å². The molecule has 1 atom stereocenters. The summed E-state index contributed by atoms with van der Waals surface area (Å²) in [5, 5.41) is 3.00. The Balaban J connectivity index is 1.39. The molecule has 1 aromatic carbocycles. The third-order valence-corrected chi connectivity index (χ3v) is 4.83. The summed E-state index contributed by atoms with van der Waals surface area (Å²) < 4.78 is 11.0. The van der Waals surface area contributed by atoms with E-state index < -0.39 is 0 Å². The molecule has 6 nitrogen and oxygen atoms in total. The molecule has 25 heavy (non-hydrogen) atoms. The molecule has 2 aliphatic heterocycles. The van der Waals surface area contributed by atoms with Crippen molar-refractivity contribution < 1.29 is 19.1 Å². The summed E-state index contributed by atoms with van der Waals surface area (Å²) >= 11 is 0. The van der Waals surface area contributed by atoms with Gasteiger partial charge in [0.1, 0.15) is 11.9 Å². The van der Waals surface area contributed by atoms with Crippen LogP contribution < -0.4 is 10.1 Å². The number of hydrogen-bond acceptors (Lipinski definition) is 4. The van der Waals surface area contributed by atoms with E-state index in [4.69, 9.17) is 9.47 Å². The van der Waals surface area contributed by atoms with Crippen molar-refractivity contribution in [3.63, 3.8) is 0 Å². The summed E-state index contributed by atoms with van der Waals surface area (Å²) in [4.78, 5) is 26.3. The second-order valence-corrected chi connectivity index (χ2v) is 6.72. The van der Waals surface area contributed by atoms with Crippen LogP contribution in [0.1, 0.15) is 31.2 Å². The lowest BCUT2D eigenvalue weighted by atomic mass is 10.0. The minimum absolute atomic E-state index is 0.0138. The third-order valence-electron chi connectivity index (χ3n) is 4.83.